The smallest absolute Gasteiger partial charge is 0.0702 e. The summed E-state index contributed by atoms with van der Waals surface area (Å²) in [6.07, 6.45) is 5.36. The molecule has 18 heavy (non-hydrogen) atoms. The molecule has 1 aliphatic heterocycles. The number of rotatable bonds is 8. The van der Waals surface area contributed by atoms with Crippen LogP contribution in [0.1, 0.15) is 53.4 Å². The van der Waals surface area contributed by atoms with E-state index in [0.29, 0.717) is 18.2 Å². The molecule has 0 bridgehead atoms. The summed E-state index contributed by atoms with van der Waals surface area (Å²) in [5.74, 6) is 0. The Kier molecular flexibility index (Phi) is 7.87. The van der Waals surface area contributed by atoms with Crippen LogP contribution < -0.4 is 5.32 Å². The Hall–Kier alpha value is -0.120. The highest BCUT2D eigenvalue weighted by Gasteiger charge is 2.24. The number of hydrogen-bond donors (Lipinski definition) is 1. The monoisotopic (exact) mass is 256 g/mol. The fourth-order valence-corrected chi connectivity index (χ4v) is 2.88. The first-order valence-corrected chi connectivity index (χ1v) is 7.76. The number of hydrogen-bond acceptors (Lipinski definition) is 3. The second kappa shape index (κ2) is 8.89. The zero-order valence-electron chi connectivity index (χ0n) is 12.7. The summed E-state index contributed by atoms with van der Waals surface area (Å²) in [4.78, 5) is 2.61. The van der Waals surface area contributed by atoms with Gasteiger partial charge in [0.1, 0.15) is 0 Å². The van der Waals surface area contributed by atoms with Crippen molar-refractivity contribution in [3.8, 4) is 0 Å². The fraction of sp³-hybridized carbons (Fsp3) is 1.00. The number of nitrogens with one attached hydrogen (secondary N) is 1. The topological polar surface area (TPSA) is 24.5 Å². The van der Waals surface area contributed by atoms with E-state index in [1.165, 1.54) is 25.8 Å². The van der Waals surface area contributed by atoms with Crippen LogP contribution in [-0.4, -0.2) is 49.3 Å². The second-order valence-electron chi connectivity index (χ2n) is 5.67. The first-order valence-electron chi connectivity index (χ1n) is 7.76. The van der Waals surface area contributed by atoms with E-state index in [4.69, 9.17) is 4.74 Å². The second-order valence-corrected chi connectivity index (χ2v) is 5.67. The number of ether oxygens (including phenoxy) is 1. The minimum Gasteiger partial charge on any atom is -0.377 e. The van der Waals surface area contributed by atoms with Crippen molar-refractivity contribution < 1.29 is 4.74 Å². The maximum absolute atomic E-state index is 5.91. The molecule has 1 heterocycles. The van der Waals surface area contributed by atoms with Gasteiger partial charge in [-0.1, -0.05) is 13.8 Å². The van der Waals surface area contributed by atoms with E-state index in [-0.39, 0.29) is 0 Å². The Labute approximate surface area is 113 Å². The van der Waals surface area contributed by atoms with Crippen LogP contribution in [0.15, 0.2) is 0 Å². The Morgan fingerprint density at radius 2 is 2.11 bits per heavy atom. The van der Waals surface area contributed by atoms with Gasteiger partial charge in [0.25, 0.3) is 0 Å². The molecule has 1 aliphatic rings. The molecule has 0 aromatic heterocycles. The van der Waals surface area contributed by atoms with Crippen LogP contribution in [0.4, 0.5) is 0 Å². The van der Waals surface area contributed by atoms with Crippen molar-refractivity contribution in [1.29, 1.82) is 0 Å². The van der Waals surface area contributed by atoms with E-state index in [1.54, 1.807) is 0 Å². The van der Waals surface area contributed by atoms with Gasteiger partial charge < -0.3 is 10.1 Å². The lowest BCUT2D eigenvalue weighted by atomic mass is 10.0. The van der Waals surface area contributed by atoms with Crippen molar-refractivity contribution in [2.75, 3.05) is 26.2 Å². The number of likely N-dealkylation sites (tertiary alicyclic amines) is 1. The molecule has 3 heteroatoms. The average Bonchev–Trinajstić information content (AvgIpc) is 2.37. The Morgan fingerprint density at radius 3 is 2.78 bits per heavy atom. The molecule has 0 radical (unpaired) electrons. The summed E-state index contributed by atoms with van der Waals surface area (Å²) in [6.45, 7) is 13.4. The van der Waals surface area contributed by atoms with E-state index < -0.39 is 0 Å². The summed E-state index contributed by atoms with van der Waals surface area (Å²) < 4.78 is 5.91. The molecule has 108 valence electrons. The highest BCUT2D eigenvalue weighted by molar-refractivity contribution is 4.79. The molecular weight excluding hydrogens is 224 g/mol. The molecule has 0 aromatic carbocycles. The summed E-state index contributed by atoms with van der Waals surface area (Å²) in [6, 6.07) is 1.27. The lowest BCUT2D eigenvalue weighted by Crippen LogP contribution is -2.46. The Bertz CT molecular complexity index is 211. The van der Waals surface area contributed by atoms with Gasteiger partial charge in [0.2, 0.25) is 0 Å². The third kappa shape index (κ3) is 5.68. The SMILES string of the molecule is CCCOC1CCCN(C(C)CC(C)NCC)C1. The van der Waals surface area contributed by atoms with Crippen LogP contribution in [-0.2, 0) is 4.74 Å². The van der Waals surface area contributed by atoms with Crippen LogP contribution in [0.3, 0.4) is 0 Å². The molecule has 0 spiro atoms. The van der Waals surface area contributed by atoms with Gasteiger partial charge in [-0.25, -0.2) is 0 Å². The van der Waals surface area contributed by atoms with E-state index in [0.717, 1.165) is 26.1 Å². The van der Waals surface area contributed by atoms with Gasteiger partial charge >= 0.3 is 0 Å². The molecule has 1 fully saturated rings. The van der Waals surface area contributed by atoms with E-state index >= 15 is 0 Å². The first kappa shape index (κ1) is 15.9. The van der Waals surface area contributed by atoms with Gasteiger partial charge in [-0.2, -0.15) is 0 Å². The lowest BCUT2D eigenvalue weighted by Gasteiger charge is -2.37. The Morgan fingerprint density at radius 1 is 1.33 bits per heavy atom. The molecule has 0 aromatic rings. The highest BCUT2D eigenvalue weighted by Crippen LogP contribution is 2.18. The number of piperidine rings is 1. The van der Waals surface area contributed by atoms with E-state index in [2.05, 4.69) is 37.9 Å². The van der Waals surface area contributed by atoms with Gasteiger partial charge in [-0.15, -0.1) is 0 Å². The van der Waals surface area contributed by atoms with Crippen LogP contribution in [0.25, 0.3) is 0 Å². The van der Waals surface area contributed by atoms with Gasteiger partial charge in [-0.3, -0.25) is 4.90 Å². The summed E-state index contributed by atoms with van der Waals surface area (Å²) in [5, 5.41) is 3.50. The third-order valence-electron chi connectivity index (χ3n) is 3.84. The standard InChI is InChI=1S/C15H32N2O/c1-5-10-18-15-8-7-9-17(12-15)14(4)11-13(3)16-6-2/h13-16H,5-12H2,1-4H3. The maximum atomic E-state index is 5.91. The normalized spacial score (nSPS) is 25.0. The number of nitrogens with zero attached hydrogens (tertiary/aromatic N) is 1. The van der Waals surface area contributed by atoms with E-state index in [1.807, 2.05) is 0 Å². The highest BCUT2D eigenvalue weighted by atomic mass is 16.5. The summed E-state index contributed by atoms with van der Waals surface area (Å²) >= 11 is 0. The molecule has 3 unspecified atom stereocenters. The minimum absolute atomic E-state index is 0.468. The largest absolute Gasteiger partial charge is 0.377 e. The van der Waals surface area contributed by atoms with Gasteiger partial charge in [0.15, 0.2) is 0 Å². The van der Waals surface area contributed by atoms with Crippen molar-refractivity contribution in [2.24, 2.45) is 0 Å². The molecule has 3 nitrogen and oxygen atoms in total. The van der Waals surface area contributed by atoms with Crippen molar-refractivity contribution in [3.63, 3.8) is 0 Å². The van der Waals surface area contributed by atoms with E-state index in [9.17, 15) is 0 Å². The van der Waals surface area contributed by atoms with Crippen molar-refractivity contribution in [3.05, 3.63) is 0 Å². The van der Waals surface area contributed by atoms with Gasteiger partial charge in [0.05, 0.1) is 6.10 Å². The predicted molar refractivity (Wildman–Crippen MR) is 78.1 cm³/mol. The molecule has 0 amide bonds. The van der Waals surface area contributed by atoms with Crippen LogP contribution in [0, 0.1) is 0 Å². The van der Waals surface area contributed by atoms with Crippen LogP contribution >= 0.6 is 0 Å². The molecule has 0 aliphatic carbocycles. The maximum Gasteiger partial charge on any atom is 0.0702 e. The van der Waals surface area contributed by atoms with Crippen molar-refractivity contribution >= 4 is 0 Å². The van der Waals surface area contributed by atoms with Crippen LogP contribution in [0.5, 0.6) is 0 Å². The average molecular weight is 256 g/mol. The summed E-state index contributed by atoms with van der Waals surface area (Å²) in [5.41, 5.74) is 0. The molecule has 3 atom stereocenters. The predicted octanol–water partition coefficient (Wildman–Crippen LogP) is 2.65. The van der Waals surface area contributed by atoms with Crippen LogP contribution in [0.2, 0.25) is 0 Å². The molecule has 0 saturated carbocycles. The third-order valence-corrected chi connectivity index (χ3v) is 3.84. The van der Waals surface area contributed by atoms with Crippen molar-refractivity contribution in [1.82, 2.24) is 10.2 Å². The first-order chi connectivity index (χ1) is 8.67. The minimum atomic E-state index is 0.468. The molecule has 1 saturated heterocycles. The van der Waals surface area contributed by atoms with Gasteiger partial charge in [-0.05, 0) is 52.6 Å². The Balaban J connectivity index is 2.30. The zero-order valence-corrected chi connectivity index (χ0v) is 12.7. The zero-order chi connectivity index (χ0) is 13.4. The lowest BCUT2D eigenvalue weighted by molar-refractivity contribution is -0.0121. The fourth-order valence-electron chi connectivity index (χ4n) is 2.88. The molecular formula is C15H32N2O. The van der Waals surface area contributed by atoms with Crippen molar-refractivity contribution in [2.45, 2.75) is 71.6 Å². The molecule has 1 N–H and O–H groups in total. The quantitative estimate of drug-likeness (QED) is 0.722. The molecule has 1 rings (SSSR count). The van der Waals surface area contributed by atoms with Gasteiger partial charge in [0, 0.05) is 25.2 Å². The summed E-state index contributed by atoms with van der Waals surface area (Å²) in [7, 11) is 0.